The first-order chi connectivity index (χ1) is 12.7. The molecule has 0 saturated carbocycles. The minimum absolute atomic E-state index is 0.0440. The van der Waals surface area contributed by atoms with Gasteiger partial charge >= 0.3 is 5.51 Å². The Morgan fingerprint density at radius 2 is 1.70 bits per heavy atom. The molecule has 1 atom stereocenters. The molecule has 0 bridgehead atoms. The average molecular weight is 399 g/mol. The van der Waals surface area contributed by atoms with Gasteiger partial charge in [-0.2, -0.15) is 13.2 Å². The Hall–Kier alpha value is -2.13. The highest BCUT2D eigenvalue weighted by atomic mass is 32.2. The summed E-state index contributed by atoms with van der Waals surface area (Å²) in [6, 6.07) is 8.80. The topological polar surface area (TPSA) is 53.5 Å². The van der Waals surface area contributed by atoms with Crippen LogP contribution in [0.15, 0.2) is 53.7 Å². The molecule has 0 spiro atoms. The lowest BCUT2D eigenvalue weighted by Crippen LogP contribution is -2.40. The second kappa shape index (κ2) is 7.47. The Labute approximate surface area is 156 Å². The normalized spacial score (nSPS) is 18.8. The molecular formula is C18H20F3N3O2S. The predicted octanol–water partition coefficient (Wildman–Crippen LogP) is 3.09. The predicted molar refractivity (Wildman–Crippen MR) is 96.0 cm³/mol. The first-order valence-corrected chi connectivity index (χ1v) is 10.0. The summed E-state index contributed by atoms with van der Waals surface area (Å²) < 4.78 is 61.2. The molecule has 3 rings (SSSR count). The van der Waals surface area contributed by atoms with E-state index in [4.69, 9.17) is 0 Å². The van der Waals surface area contributed by atoms with Gasteiger partial charge in [-0.3, -0.25) is 9.88 Å². The van der Waals surface area contributed by atoms with Crippen molar-refractivity contribution in [3.63, 3.8) is 0 Å². The minimum atomic E-state index is -5.33. The quantitative estimate of drug-likeness (QED) is 0.774. The fraction of sp³-hybridized carbons (Fsp3) is 0.389. The van der Waals surface area contributed by atoms with Crippen molar-refractivity contribution in [3.05, 3.63) is 54.4 Å². The summed E-state index contributed by atoms with van der Waals surface area (Å²) in [4.78, 5) is 7.64. The molecule has 1 aromatic carbocycles. The van der Waals surface area contributed by atoms with E-state index in [0.29, 0.717) is 5.69 Å². The first kappa shape index (κ1) is 19.6. The number of sulfone groups is 1. The van der Waals surface area contributed by atoms with Crippen LogP contribution in [0.25, 0.3) is 0 Å². The minimum Gasteiger partial charge on any atom is -0.354 e. The maximum absolute atomic E-state index is 12.7. The van der Waals surface area contributed by atoms with E-state index in [1.54, 1.807) is 12.4 Å². The Balaban J connectivity index is 1.86. The number of alkyl halides is 3. The number of hydrogen-bond donors (Lipinski definition) is 0. The molecular weight excluding hydrogens is 379 g/mol. The summed E-state index contributed by atoms with van der Waals surface area (Å²) in [5.74, 6) is 0. The molecule has 1 saturated heterocycles. The monoisotopic (exact) mass is 399 g/mol. The van der Waals surface area contributed by atoms with Crippen molar-refractivity contribution in [1.29, 1.82) is 0 Å². The number of hydrogen-bond acceptors (Lipinski definition) is 5. The lowest BCUT2D eigenvalue weighted by molar-refractivity contribution is -0.0436. The number of anilines is 1. The van der Waals surface area contributed by atoms with Crippen molar-refractivity contribution < 1.29 is 21.6 Å². The van der Waals surface area contributed by atoms with Gasteiger partial charge in [0.05, 0.1) is 11.1 Å². The second-order valence-corrected chi connectivity index (χ2v) is 8.25. The molecule has 146 valence electrons. The van der Waals surface area contributed by atoms with Crippen molar-refractivity contribution >= 4 is 15.5 Å². The van der Waals surface area contributed by atoms with Crippen LogP contribution in [-0.2, 0) is 16.3 Å². The van der Waals surface area contributed by atoms with E-state index in [0.717, 1.165) is 43.8 Å². The summed E-state index contributed by atoms with van der Waals surface area (Å²) in [7, 11) is -5.33. The summed E-state index contributed by atoms with van der Waals surface area (Å²) in [6.45, 7) is 4.44. The van der Waals surface area contributed by atoms with Crippen molar-refractivity contribution in [2.45, 2.75) is 29.9 Å². The molecule has 0 N–H and O–H groups in total. The fourth-order valence-electron chi connectivity index (χ4n) is 3.32. The standard InChI is InChI=1S/C18H20F3N3O2S/c1-2-23-11-12-24(17(23)13-14-7-9-22-10-8-14)15-3-5-16(6-4-15)27(25,26)18(19,20)21/h3-10,17H,2,11-13H2,1H3. The van der Waals surface area contributed by atoms with Crippen LogP contribution >= 0.6 is 0 Å². The van der Waals surface area contributed by atoms with Crippen LogP contribution in [0.4, 0.5) is 18.9 Å². The van der Waals surface area contributed by atoms with Gasteiger partial charge in [-0.1, -0.05) is 6.92 Å². The molecule has 1 fully saturated rings. The number of benzene rings is 1. The fourth-order valence-corrected chi connectivity index (χ4v) is 4.08. The molecule has 5 nitrogen and oxygen atoms in total. The number of likely N-dealkylation sites (N-methyl/N-ethyl adjacent to an activating group) is 1. The summed E-state index contributed by atoms with van der Waals surface area (Å²) in [5, 5.41) is 0. The second-order valence-electron chi connectivity index (χ2n) is 6.31. The van der Waals surface area contributed by atoms with Crippen molar-refractivity contribution in [2.24, 2.45) is 0 Å². The third kappa shape index (κ3) is 3.93. The van der Waals surface area contributed by atoms with Crippen molar-refractivity contribution in [1.82, 2.24) is 9.88 Å². The molecule has 2 aromatic rings. The molecule has 27 heavy (non-hydrogen) atoms. The van der Waals surface area contributed by atoms with Crippen LogP contribution in [0.3, 0.4) is 0 Å². The Bertz CT molecular complexity index is 871. The number of nitrogens with zero attached hydrogens (tertiary/aromatic N) is 3. The lowest BCUT2D eigenvalue weighted by atomic mass is 10.1. The third-order valence-corrected chi connectivity index (χ3v) is 6.27. The maximum Gasteiger partial charge on any atom is 0.501 e. The van der Waals surface area contributed by atoms with Crippen LogP contribution < -0.4 is 4.90 Å². The molecule has 1 aliphatic rings. The van der Waals surface area contributed by atoms with Gasteiger partial charge in [0, 0.05) is 37.6 Å². The van der Waals surface area contributed by atoms with Crippen LogP contribution in [0.2, 0.25) is 0 Å². The summed E-state index contributed by atoms with van der Waals surface area (Å²) in [6.07, 6.45) is 4.23. The number of aromatic nitrogens is 1. The molecule has 0 amide bonds. The van der Waals surface area contributed by atoms with Gasteiger partial charge in [0.25, 0.3) is 9.84 Å². The summed E-state index contributed by atoms with van der Waals surface area (Å²) >= 11 is 0. The highest BCUT2D eigenvalue weighted by Gasteiger charge is 2.46. The SMILES string of the molecule is CCN1CCN(c2ccc(S(=O)(=O)C(F)(F)F)cc2)C1Cc1ccncc1. The number of pyridine rings is 1. The number of rotatable bonds is 5. The molecule has 1 aliphatic heterocycles. The van der Waals surface area contributed by atoms with Gasteiger partial charge in [0.2, 0.25) is 0 Å². The van der Waals surface area contributed by atoms with E-state index in [1.165, 1.54) is 12.1 Å². The number of halogens is 3. The zero-order valence-electron chi connectivity index (χ0n) is 14.7. The first-order valence-electron chi connectivity index (χ1n) is 8.55. The van der Waals surface area contributed by atoms with Gasteiger partial charge in [0.15, 0.2) is 0 Å². The lowest BCUT2D eigenvalue weighted by Gasteiger charge is -2.31. The highest BCUT2D eigenvalue weighted by molar-refractivity contribution is 7.92. The highest BCUT2D eigenvalue weighted by Crippen LogP contribution is 2.32. The largest absolute Gasteiger partial charge is 0.501 e. The van der Waals surface area contributed by atoms with E-state index >= 15 is 0 Å². The van der Waals surface area contributed by atoms with Crippen LogP contribution in [-0.4, -0.2) is 49.6 Å². The molecule has 2 heterocycles. The van der Waals surface area contributed by atoms with Gasteiger partial charge in [-0.15, -0.1) is 0 Å². The van der Waals surface area contributed by atoms with Crippen molar-refractivity contribution in [3.8, 4) is 0 Å². The zero-order valence-corrected chi connectivity index (χ0v) is 15.5. The third-order valence-electron chi connectivity index (χ3n) is 4.77. The Morgan fingerprint density at radius 1 is 1.07 bits per heavy atom. The molecule has 0 radical (unpaired) electrons. The van der Waals surface area contributed by atoms with Gasteiger partial charge < -0.3 is 4.90 Å². The van der Waals surface area contributed by atoms with E-state index in [2.05, 4.69) is 21.7 Å². The molecule has 0 aliphatic carbocycles. The van der Waals surface area contributed by atoms with Gasteiger partial charge in [-0.05, 0) is 48.5 Å². The maximum atomic E-state index is 12.7. The Kier molecular flexibility index (Phi) is 5.43. The van der Waals surface area contributed by atoms with Crippen LogP contribution in [0, 0.1) is 0 Å². The summed E-state index contributed by atoms with van der Waals surface area (Å²) in [5.41, 5.74) is -3.49. The smallest absolute Gasteiger partial charge is 0.354 e. The average Bonchev–Trinajstić information content (AvgIpc) is 3.04. The van der Waals surface area contributed by atoms with E-state index in [1.807, 2.05) is 12.1 Å². The molecule has 1 aromatic heterocycles. The zero-order chi connectivity index (χ0) is 19.7. The van der Waals surface area contributed by atoms with Crippen molar-refractivity contribution in [2.75, 3.05) is 24.5 Å². The van der Waals surface area contributed by atoms with E-state index < -0.39 is 20.2 Å². The van der Waals surface area contributed by atoms with Crippen LogP contribution in [0.5, 0.6) is 0 Å². The molecule has 1 unspecified atom stereocenters. The Morgan fingerprint density at radius 3 is 2.26 bits per heavy atom. The van der Waals surface area contributed by atoms with E-state index in [9.17, 15) is 21.6 Å². The van der Waals surface area contributed by atoms with Gasteiger partial charge in [0.1, 0.15) is 0 Å². The van der Waals surface area contributed by atoms with Gasteiger partial charge in [-0.25, -0.2) is 8.42 Å². The van der Waals surface area contributed by atoms with E-state index in [-0.39, 0.29) is 6.17 Å². The molecule has 9 heteroatoms. The van der Waals surface area contributed by atoms with Crippen LogP contribution in [0.1, 0.15) is 12.5 Å².